The van der Waals surface area contributed by atoms with Crippen LogP contribution in [0.1, 0.15) is 29.6 Å². The number of carbonyl (C=O) groups is 3. The second-order valence-electron chi connectivity index (χ2n) is 5.05. The first-order valence-electron chi connectivity index (χ1n) is 6.70. The van der Waals surface area contributed by atoms with E-state index >= 15 is 0 Å². The number of Topliss-reactive ketones (excluding diaryl/α,β-unsaturated/α-hetero) is 2. The van der Waals surface area contributed by atoms with Gasteiger partial charge in [-0.25, -0.2) is 0 Å². The number of carbonyl (C=O) groups excluding carboxylic acids is 2. The van der Waals surface area contributed by atoms with Crippen molar-refractivity contribution < 1.29 is 19.5 Å². The number of ketones is 2. The number of aliphatic carboxylic acids is 1. The van der Waals surface area contributed by atoms with Crippen LogP contribution in [0.4, 0.5) is 0 Å². The van der Waals surface area contributed by atoms with E-state index < -0.39 is 17.8 Å². The van der Waals surface area contributed by atoms with Crippen LogP contribution < -0.4 is 0 Å². The first-order valence-corrected chi connectivity index (χ1v) is 7.08. The summed E-state index contributed by atoms with van der Waals surface area (Å²) >= 11 is 5.75. The lowest BCUT2D eigenvalue weighted by Gasteiger charge is -2.22. The molecule has 0 fully saturated rings. The van der Waals surface area contributed by atoms with Crippen molar-refractivity contribution in [3.05, 3.63) is 47.0 Å². The molecule has 0 saturated heterocycles. The Morgan fingerprint density at radius 3 is 2.48 bits per heavy atom. The second-order valence-corrected chi connectivity index (χ2v) is 5.49. The minimum absolute atomic E-state index is 0.291. The van der Waals surface area contributed by atoms with Gasteiger partial charge in [0.25, 0.3) is 0 Å². The Balaban J connectivity index is 2.08. The summed E-state index contributed by atoms with van der Waals surface area (Å²) in [5.74, 6) is -3.11. The van der Waals surface area contributed by atoms with E-state index in [-0.39, 0.29) is 18.0 Å². The molecule has 0 spiro atoms. The lowest BCUT2D eigenvalue weighted by Crippen LogP contribution is -2.31. The van der Waals surface area contributed by atoms with Crippen molar-refractivity contribution >= 4 is 29.1 Å². The van der Waals surface area contributed by atoms with Gasteiger partial charge in [0.2, 0.25) is 0 Å². The van der Waals surface area contributed by atoms with Gasteiger partial charge in [-0.15, -0.1) is 0 Å². The molecule has 0 aliphatic heterocycles. The SMILES string of the molecule is O=C(CC(=O)[C@@H]1C=CCC[C@@H]1C(=O)O)c1ccc(Cl)cc1. The van der Waals surface area contributed by atoms with Crippen molar-refractivity contribution in [2.75, 3.05) is 0 Å². The van der Waals surface area contributed by atoms with Crippen molar-refractivity contribution in [1.82, 2.24) is 0 Å². The molecule has 5 heteroatoms. The standard InChI is InChI=1S/C16H15ClO4/c17-11-7-5-10(6-8-11)14(18)9-15(19)12-3-1-2-4-13(12)16(20)21/h1,3,5-8,12-13H,2,4,9H2,(H,20,21)/t12-,13+/m1/s1. The first kappa shape index (κ1) is 15.4. The summed E-state index contributed by atoms with van der Waals surface area (Å²) in [7, 11) is 0. The summed E-state index contributed by atoms with van der Waals surface area (Å²) in [6.07, 6.45) is 4.19. The van der Waals surface area contributed by atoms with Gasteiger partial charge in [0.05, 0.1) is 12.3 Å². The molecule has 0 aromatic heterocycles. The van der Waals surface area contributed by atoms with Gasteiger partial charge in [0, 0.05) is 16.5 Å². The van der Waals surface area contributed by atoms with Gasteiger partial charge < -0.3 is 5.11 Å². The smallest absolute Gasteiger partial charge is 0.307 e. The Morgan fingerprint density at radius 2 is 1.86 bits per heavy atom. The van der Waals surface area contributed by atoms with Gasteiger partial charge in [-0.05, 0) is 37.1 Å². The van der Waals surface area contributed by atoms with Crippen LogP contribution in [0.3, 0.4) is 0 Å². The third-order valence-electron chi connectivity index (χ3n) is 3.61. The Bertz CT molecular complexity index is 589. The normalized spacial score (nSPS) is 21.0. The molecule has 4 nitrogen and oxygen atoms in total. The molecule has 0 radical (unpaired) electrons. The van der Waals surface area contributed by atoms with Crippen molar-refractivity contribution in [1.29, 1.82) is 0 Å². The molecule has 2 atom stereocenters. The molecule has 1 aliphatic carbocycles. The van der Waals surface area contributed by atoms with E-state index in [1.807, 2.05) is 0 Å². The molecular formula is C16H15ClO4. The number of rotatable bonds is 5. The van der Waals surface area contributed by atoms with Crippen LogP contribution in [0.25, 0.3) is 0 Å². The predicted octanol–water partition coefficient (Wildman–Crippen LogP) is 3.15. The van der Waals surface area contributed by atoms with Gasteiger partial charge in [0.15, 0.2) is 5.78 Å². The average Bonchev–Trinajstić information content (AvgIpc) is 2.47. The molecule has 2 rings (SSSR count). The first-order chi connectivity index (χ1) is 9.99. The Morgan fingerprint density at radius 1 is 1.19 bits per heavy atom. The monoisotopic (exact) mass is 306 g/mol. The van der Waals surface area contributed by atoms with Gasteiger partial charge in [0.1, 0.15) is 5.78 Å². The lowest BCUT2D eigenvalue weighted by molar-refractivity contribution is -0.146. The number of hydrogen-bond acceptors (Lipinski definition) is 3. The van der Waals surface area contributed by atoms with Gasteiger partial charge in [-0.2, -0.15) is 0 Å². The third kappa shape index (κ3) is 3.79. The number of allylic oxidation sites excluding steroid dienone is 2. The average molecular weight is 307 g/mol. The highest BCUT2D eigenvalue weighted by atomic mass is 35.5. The Hall–Kier alpha value is -1.94. The number of halogens is 1. The highest BCUT2D eigenvalue weighted by molar-refractivity contribution is 6.30. The van der Waals surface area contributed by atoms with Crippen LogP contribution in [-0.2, 0) is 9.59 Å². The van der Waals surface area contributed by atoms with E-state index in [4.69, 9.17) is 16.7 Å². The zero-order valence-electron chi connectivity index (χ0n) is 11.3. The van der Waals surface area contributed by atoms with Crippen molar-refractivity contribution in [2.24, 2.45) is 11.8 Å². The maximum absolute atomic E-state index is 12.2. The maximum atomic E-state index is 12.2. The summed E-state index contributed by atoms with van der Waals surface area (Å²) in [5, 5.41) is 9.67. The van der Waals surface area contributed by atoms with Gasteiger partial charge in [-0.3, -0.25) is 14.4 Å². The summed E-state index contributed by atoms with van der Waals surface area (Å²) < 4.78 is 0. The van der Waals surface area contributed by atoms with Crippen molar-refractivity contribution in [3.8, 4) is 0 Å². The van der Waals surface area contributed by atoms with Crippen LogP contribution in [0.2, 0.25) is 5.02 Å². The molecule has 1 aromatic carbocycles. The molecule has 0 unspecified atom stereocenters. The van der Waals surface area contributed by atoms with E-state index in [9.17, 15) is 14.4 Å². The van der Waals surface area contributed by atoms with E-state index in [0.29, 0.717) is 23.4 Å². The highest BCUT2D eigenvalue weighted by Gasteiger charge is 2.33. The zero-order chi connectivity index (χ0) is 15.4. The van der Waals surface area contributed by atoms with Crippen molar-refractivity contribution in [2.45, 2.75) is 19.3 Å². The third-order valence-corrected chi connectivity index (χ3v) is 3.86. The van der Waals surface area contributed by atoms with Crippen LogP contribution in [0, 0.1) is 11.8 Å². The quantitative estimate of drug-likeness (QED) is 0.515. The molecule has 110 valence electrons. The Kier molecular flexibility index (Phi) is 4.91. The fourth-order valence-corrected chi connectivity index (χ4v) is 2.58. The summed E-state index contributed by atoms with van der Waals surface area (Å²) in [4.78, 5) is 35.4. The van der Waals surface area contributed by atoms with Crippen LogP contribution in [-0.4, -0.2) is 22.6 Å². The fraction of sp³-hybridized carbons (Fsp3) is 0.312. The highest BCUT2D eigenvalue weighted by Crippen LogP contribution is 2.27. The number of carboxylic acids is 1. The second kappa shape index (κ2) is 6.68. The lowest BCUT2D eigenvalue weighted by atomic mass is 9.80. The topological polar surface area (TPSA) is 71.4 Å². The molecule has 0 amide bonds. The van der Waals surface area contributed by atoms with Gasteiger partial charge in [-0.1, -0.05) is 23.8 Å². The zero-order valence-corrected chi connectivity index (χ0v) is 12.0. The van der Waals surface area contributed by atoms with Gasteiger partial charge >= 0.3 is 5.97 Å². The number of benzene rings is 1. The molecule has 0 saturated carbocycles. The van der Waals surface area contributed by atoms with Crippen LogP contribution in [0.15, 0.2) is 36.4 Å². The molecule has 1 aromatic rings. The molecular weight excluding hydrogens is 292 g/mol. The van der Waals surface area contributed by atoms with E-state index in [1.165, 1.54) is 0 Å². The van der Waals surface area contributed by atoms with Crippen LogP contribution >= 0.6 is 11.6 Å². The summed E-state index contributed by atoms with van der Waals surface area (Å²) in [6.45, 7) is 0. The van der Waals surface area contributed by atoms with E-state index in [1.54, 1.807) is 36.4 Å². The van der Waals surface area contributed by atoms with E-state index in [0.717, 1.165) is 0 Å². The fourth-order valence-electron chi connectivity index (χ4n) is 2.46. The molecule has 0 heterocycles. The minimum Gasteiger partial charge on any atom is -0.481 e. The number of hydrogen-bond donors (Lipinski definition) is 1. The maximum Gasteiger partial charge on any atom is 0.307 e. The summed E-state index contributed by atoms with van der Waals surface area (Å²) in [6, 6.07) is 6.28. The summed E-state index contributed by atoms with van der Waals surface area (Å²) in [5.41, 5.74) is 0.402. The van der Waals surface area contributed by atoms with E-state index in [2.05, 4.69) is 0 Å². The molecule has 0 bridgehead atoms. The predicted molar refractivity (Wildman–Crippen MR) is 78.4 cm³/mol. The molecule has 1 N–H and O–H groups in total. The number of carboxylic acid groups (broad SMARTS) is 1. The van der Waals surface area contributed by atoms with Crippen molar-refractivity contribution in [3.63, 3.8) is 0 Å². The minimum atomic E-state index is -0.989. The largest absolute Gasteiger partial charge is 0.481 e. The van der Waals surface area contributed by atoms with Crippen LogP contribution in [0.5, 0.6) is 0 Å². The Labute approximate surface area is 127 Å². The molecule has 21 heavy (non-hydrogen) atoms. The molecule has 1 aliphatic rings.